The molecule has 2 N–H and O–H groups in total. The Hall–Kier alpha value is -3.72. The number of carbonyl (C=O) groups is 1. The molecule has 1 amide bonds. The van der Waals surface area contributed by atoms with E-state index in [0.29, 0.717) is 22.4 Å². The molecule has 0 atom stereocenters. The lowest BCUT2D eigenvalue weighted by Crippen LogP contribution is -2.40. The van der Waals surface area contributed by atoms with E-state index in [2.05, 4.69) is 15.5 Å². The van der Waals surface area contributed by atoms with E-state index in [0.717, 1.165) is 29.5 Å². The van der Waals surface area contributed by atoms with Crippen LogP contribution in [0.2, 0.25) is 0 Å². The van der Waals surface area contributed by atoms with Crippen LogP contribution in [0, 0.1) is 6.92 Å². The number of nitrogens with zero attached hydrogens (tertiary/aromatic N) is 4. The topological polar surface area (TPSA) is 115 Å². The molecule has 1 aromatic carbocycles. The van der Waals surface area contributed by atoms with Crippen molar-refractivity contribution in [3.63, 3.8) is 0 Å². The molecule has 0 unspecified atom stereocenters. The number of pyridine rings is 1. The molecule has 1 fully saturated rings. The maximum atomic E-state index is 13.5. The third-order valence-electron chi connectivity index (χ3n) is 6.30. The van der Waals surface area contributed by atoms with Crippen molar-refractivity contribution in [2.24, 2.45) is 0 Å². The van der Waals surface area contributed by atoms with Crippen LogP contribution in [0.1, 0.15) is 48.3 Å². The third kappa shape index (κ3) is 3.92. The molecule has 3 aromatic heterocycles. The number of carbonyl (C=O) groups excluding carboxylic acids is 1. The second kappa shape index (κ2) is 8.25. The zero-order valence-corrected chi connectivity index (χ0v) is 19.4. The number of rotatable bonds is 7. The fourth-order valence-electron chi connectivity index (χ4n) is 4.10. The molecule has 3 heterocycles. The fourth-order valence-corrected chi connectivity index (χ4v) is 4.10. The number of nitrogens with one attached hydrogen (secondary N) is 1. The lowest BCUT2D eigenvalue weighted by atomic mass is 9.98. The number of aliphatic hydroxyl groups excluding tert-OH is 1. The maximum Gasteiger partial charge on any atom is 0.331 e. The minimum absolute atomic E-state index is 0.0865. The fraction of sp³-hybridized carbons (Fsp3) is 0.360. The molecule has 0 saturated heterocycles. The van der Waals surface area contributed by atoms with Crippen LogP contribution in [0.3, 0.4) is 0 Å². The first-order valence-electron chi connectivity index (χ1n) is 11.3. The molecule has 0 bridgehead atoms. The van der Waals surface area contributed by atoms with Crippen LogP contribution in [0.25, 0.3) is 22.3 Å². The lowest BCUT2D eigenvalue weighted by Gasteiger charge is -2.23. The summed E-state index contributed by atoms with van der Waals surface area (Å²) in [5.74, 6) is -0.0865. The van der Waals surface area contributed by atoms with Gasteiger partial charge in [-0.1, -0.05) is 11.2 Å². The summed E-state index contributed by atoms with van der Waals surface area (Å²) in [7, 11) is 0. The smallest absolute Gasteiger partial charge is 0.331 e. The summed E-state index contributed by atoms with van der Waals surface area (Å²) in [6.45, 7) is 5.53. The van der Waals surface area contributed by atoms with Gasteiger partial charge in [0.25, 0.3) is 5.91 Å². The van der Waals surface area contributed by atoms with Crippen LogP contribution in [0.15, 0.2) is 52.1 Å². The molecule has 34 heavy (non-hydrogen) atoms. The highest BCUT2D eigenvalue weighted by atomic mass is 16.5. The van der Waals surface area contributed by atoms with E-state index in [1.54, 1.807) is 30.7 Å². The van der Waals surface area contributed by atoms with Crippen LogP contribution < -0.4 is 11.0 Å². The van der Waals surface area contributed by atoms with Crippen molar-refractivity contribution in [1.82, 2.24) is 24.6 Å². The van der Waals surface area contributed by atoms with E-state index < -0.39 is 5.54 Å². The summed E-state index contributed by atoms with van der Waals surface area (Å²) in [6.07, 6.45) is 5.21. The van der Waals surface area contributed by atoms with E-state index >= 15 is 0 Å². The molecule has 1 aliphatic rings. The molecule has 5 rings (SSSR count). The molecule has 176 valence electrons. The van der Waals surface area contributed by atoms with Gasteiger partial charge >= 0.3 is 5.69 Å². The van der Waals surface area contributed by atoms with E-state index in [-0.39, 0.29) is 30.8 Å². The van der Waals surface area contributed by atoms with Crippen LogP contribution in [0.5, 0.6) is 0 Å². The molecule has 9 heteroatoms. The molecule has 0 radical (unpaired) electrons. The van der Waals surface area contributed by atoms with Crippen LogP contribution in [0.4, 0.5) is 0 Å². The molecule has 0 spiro atoms. The van der Waals surface area contributed by atoms with Crippen molar-refractivity contribution in [1.29, 1.82) is 0 Å². The molecule has 4 aromatic rings. The Labute approximate surface area is 196 Å². The second-order valence-corrected chi connectivity index (χ2v) is 9.51. The van der Waals surface area contributed by atoms with Crippen LogP contribution >= 0.6 is 0 Å². The van der Waals surface area contributed by atoms with Gasteiger partial charge in [-0.2, -0.15) is 0 Å². The summed E-state index contributed by atoms with van der Waals surface area (Å²) < 4.78 is 8.04. The van der Waals surface area contributed by atoms with Crippen LogP contribution in [-0.4, -0.2) is 42.9 Å². The summed E-state index contributed by atoms with van der Waals surface area (Å²) in [5.41, 5.74) is 3.77. The Morgan fingerprint density at radius 1 is 1.26 bits per heavy atom. The standard InChI is InChI=1S/C25H27N5O4/c1-15-4-5-16(23(32)27-18-6-7-18)10-20(15)17-11-21-22(26-12-17)30(25(2,3)14-31)24(33)29(21)13-19-8-9-34-28-19/h4-5,8-12,18,31H,6-7,13-14H2,1-3H3,(H,27,32). The van der Waals surface area contributed by atoms with Crippen molar-refractivity contribution >= 4 is 17.1 Å². The first-order valence-corrected chi connectivity index (χ1v) is 11.3. The van der Waals surface area contributed by atoms with Crippen molar-refractivity contribution in [3.8, 4) is 11.1 Å². The summed E-state index contributed by atoms with van der Waals surface area (Å²) in [5, 5.41) is 16.9. The monoisotopic (exact) mass is 461 g/mol. The quantitative estimate of drug-likeness (QED) is 0.437. The predicted molar refractivity (Wildman–Crippen MR) is 127 cm³/mol. The van der Waals surface area contributed by atoms with E-state index in [1.165, 1.54) is 10.8 Å². The van der Waals surface area contributed by atoms with Crippen molar-refractivity contribution in [2.45, 2.75) is 51.7 Å². The summed E-state index contributed by atoms with van der Waals surface area (Å²) in [6, 6.07) is 9.49. The third-order valence-corrected chi connectivity index (χ3v) is 6.30. The number of amides is 1. The van der Waals surface area contributed by atoms with Gasteiger partial charge in [-0.25, -0.2) is 9.78 Å². The molecule has 9 nitrogen and oxygen atoms in total. The molecular weight excluding hydrogens is 434 g/mol. The second-order valence-electron chi connectivity index (χ2n) is 9.51. The Bertz CT molecular complexity index is 1430. The summed E-state index contributed by atoms with van der Waals surface area (Å²) in [4.78, 5) is 30.7. The van der Waals surface area contributed by atoms with Gasteiger partial charge in [0.05, 0.1) is 24.2 Å². The maximum absolute atomic E-state index is 13.5. The average Bonchev–Trinajstić information content (AvgIpc) is 3.39. The van der Waals surface area contributed by atoms with Gasteiger partial charge in [-0.05, 0) is 62.9 Å². The number of benzene rings is 1. The number of imidazole rings is 1. The van der Waals surface area contributed by atoms with Gasteiger partial charge in [0.15, 0.2) is 5.65 Å². The number of hydrogen-bond acceptors (Lipinski definition) is 6. The SMILES string of the molecule is Cc1ccc(C(=O)NC2CC2)cc1-c1cnc2c(c1)n(Cc1ccon1)c(=O)n2C(C)(C)CO. The highest BCUT2D eigenvalue weighted by Gasteiger charge is 2.28. The zero-order chi connectivity index (χ0) is 24.0. The molecule has 1 aliphatic carbocycles. The van der Waals surface area contributed by atoms with E-state index in [1.807, 2.05) is 31.2 Å². The Balaban J connectivity index is 1.65. The van der Waals surface area contributed by atoms with Gasteiger partial charge in [0, 0.05) is 29.4 Å². The number of aromatic nitrogens is 4. The number of aliphatic hydroxyl groups is 1. The highest BCUT2D eigenvalue weighted by Crippen LogP contribution is 2.29. The van der Waals surface area contributed by atoms with Gasteiger partial charge < -0.3 is 14.9 Å². The number of aryl methyl sites for hydroxylation is 1. The number of fused-ring (bicyclic) bond motifs is 1. The summed E-state index contributed by atoms with van der Waals surface area (Å²) >= 11 is 0. The largest absolute Gasteiger partial charge is 0.394 e. The van der Waals surface area contributed by atoms with Crippen molar-refractivity contribution < 1.29 is 14.4 Å². The Kier molecular flexibility index (Phi) is 5.36. The first kappa shape index (κ1) is 22.1. The molecular formula is C25H27N5O4. The minimum Gasteiger partial charge on any atom is -0.394 e. The first-order chi connectivity index (χ1) is 16.3. The van der Waals surface area contributed by atoms with Gasteiger partial charge in [0.1, 0.15) is 12.0 Å². The molecule has 1 saturated carbocycles. The predicted octanol–water partition coefficient (Wildman–Crippen LogP) is 2.83. The number of hydrogen-bond donors (Lipinski definition) is 2. The Morgan fingerprint density at radius 2 is 2.06 bits per heavy atom. The van der Waals surface area contributed by atoms with Crippen LogP contribution in [-0.2, 0) is 12.1 Å². The van der Waals surface area contributed by atoms with Gasteiger partial charge in [0.2, 0.25) is 0 Å². The highest BCUT2D eigenvalue weighted by molar-refractivity contribution is 5.96. The van der Waals surface area contributed by atoms with Gasteiger partial charge in [-0.15, -0.1) is 0 Å². The van der Waals surface area contributed by atoms with E-state index in [9.17, 15) is 14.7 Å². The normalized spacial score (nSPS) is 14.0. The lowest BCUT2D eigenvalue weighted by molar-refractivity contribution is 0.0951. The van der Waals surface area contributed by atoms with Gasteiger partial charge in [-0.3, -0.25) is 13.9 Å². The Morgan fingerprint density at radius 3 is 2.74 bits per heavy atom. The zero-order valence-electron chi connectivity index (χ0n) is 19.4. The minimum atomic E-state index is -0.852. The van der Waals surface area contributed by atoms with Crippen molar-refractivity contribution in [2.75, 3.05) is 6.61 Å². The average molecular weight is 462 g/mol. The molecule has 0 aliphatic heterocycles. The van der Waals surface area contributed by atoms with Crippen molar-refractivity contribution in [3.05, 3.63) is 70.1 Å². The van der Waals surface area contributed by atoms with E-state index in [4.69, 9.17) is 4.52 Å².